The van der Waals surface area contributed by atoms with E-state index in [0.29, 0.717) is 28.6 Å². The number of carbonyl (C=O) groups excluding carboxylic acids is 2. The van der Waals surface area contributed by atoms with Crippen LogP contribution in [-0.2, 0) is 17.6 Å². The fraction of sp³-hybridized carbons (Fsp3) is 0.522. The van der Waals surface area contributed by atoms with Crippen molar-refractivity contribution in [3.63, 3.8) is 0 Å². The quantitative estimate of drug-likeness (QED) is 0.487. The van der Waals surface area contributed by atoms with Crippen LogP contribution in [0.4, 0.5) is 13.8 Å². The highest BCUT2D eigenvalue weighted by Gasteiger charge is 2.36. The van der Waals surface area contributed by atoms with E-state index in [1.165, 1.54) is 24.5 Å². The number of amides is 1. The Morgan fingerprint density at radius 1 is 1.35 bits per heavy atom. The van der Waals surface area contributed by atoms with Crippen LogP contribution in [0.5, 0.6) is 0 Å². The summed E-state index contributed by atoms with van der Waals surface area (Å²) in [5.41, 5.74) is 1.33. The Balaban J connectivity index is 1.68. The van der Waals surface area contributed by atoms with Gasteiger partial charge in [0.05, 0.1) is 12.7 Å². The predicted octanol–water partition coefficient (Wildman–Crippen LogP) is 5.01. The minimum Gasteiger partial charge on any atom is -0.465 e. The Kier molecular flexibility index (Phi) is 6.41. The van der Waals surface area contributed by atoms with E-state index in [0.717, 1.165) is 34.2 Å². The number of anilines is 1. The van der Waals surface area contributed by atoms with Gasteiger partial charge in [0.15, 0.2) is 0 Å². The summed E-state index contributed by atoms with van der Waals surface area (Å²) < 4.78 is 32.7. The number of fused-ring (bicyclic) bond motifs is 2. The van der Waals surface area contributed by atoms with Gasteiger partial charge < -0.3 is 10.1 Å². The van der Waals surface area contributed by atoms with E-state index in [9.17, 15) is 18.4 Å². The molecule has 1 atom stereocenters. The van der Waals surface area contributed by atoms with Crippen molar-refractivity contribution >= 4 is 34.0 Å². The summed E-state index contributed by atoms with van der Waals surface area (Å²) in [6.45, 7) is 8.23. The monoisotopic (exact) mass is 491 g/mol. The number of aryl methyl sites for hydroxylation is 1. The molecular formula is C23H27F2N5O3S. The van der Waals surface area contributed by atoms with Gasteiger partial charge in [0.2, 0.25) is 5.82 Å². The lowest BCUT2D eigenvalue weighted by Crippen LogP contribution is -2.28. The van der Waals surface area contributed by atoms with Gasteiger partial charge in [-0.1, -0.05) is 27.2 Å². The van der Waals surface area contributed by atoms with Crippen LogP contribution in [0.2, 0.25) is 0 Å². The van der Waals surface area contributed by atoms with Gasteiger partial charge in [-0.05, 0) is 49.1 Å². The number of methoxy groups -OCH3 is 1. The standard InChI is InChI=1S/C23H27F2N5O3S/c1-6-23(3,4)12-7-8-13-15(10-12)34-20(16(13)21(32)33-5)28-19(31)18-27-22-26-11(2)9-14(17(24)25)30(22)29-18/h9,12,17H,6-8,10H2,1-5H3,(H,28,31)/t12-/m1/s1. The Bertz CT molecular complexity index is 1270. The van der Waals surface area contributed by atoms with Crippen LogP contribution in [0, 0.1) is 18.3 Å². The largest absolute Gasteiger partial charge is 0.465 e. The molecule has 0 unspecified atom stereocenters. The lowest BCUT2D eigenvalue weighted by Gasteiger charge is -2.36. The molecule has 1 amide bonds. The molecule has 1 aliphatic carbocycles. The summed E-state index contributed by atoms with van der Waals surface area (Å²) in [5.74, 6) is -1.19. The molecule has 11 heteroatoms. The zero-order valence-corrected chi connectivity index (χ0v) is 20.6. The average molecular weight is 492 g/mol. The second-order valence-electron chi connectivity index (χ2n) is 9.21. The van der Waals surface area contributed by atoms with Crippen molar-refractivity contribution in [2.75, 3.05) is 12.4 Å². The number of nitrogens with one attached hydrogen (secondary N) is 1. The molecule has 0 aromatic carbocycles. The fourth-order valence-corrected chi connectivity index (χ4v) is 5.68. The third-order valence-corrected chi connectivity index (χ3v) is 7.96. The van der Waals surface area contributed by atoms with Crippen molar-refractivity contribution < 1.29 is 23.1 Å². The summed E-state index contributed by atoms with van der Waals surface area (Å²) in [4.78, 5) is 34.8. The number of carbonyl (C=O) groups is 2. The molecule has 0 fully saturated rings. The highest BCUT2D eigenvalue weighted by Crippen LogP contribution is 2.45. The fourth-order valence-electron chi connectivity index (χ4n) is 4.37. The minimum absolute atomic E-state index is 0.0937. The van der Waals surface area contributed by atoms with Crippen LogP contribution in [0.1, 0.15) is 82.8 Å². The van der Waals surface area contributed by atoms with Gasteiger partial charge in [0.1, 0.15) is 10.7 Å². The Morgan fingerprint density at radius 2 is 2.09 bits per heavy atom. The Morgan fingerprint density at radius 3 is 2.74 bits per heavy atom. The van der Waals surface area contributed by atoms with Gasteiger partial charge in [-0.3, -0.25) is 4.79 Å². The maximum atomic E-state index is 13.4. The molecule has 0 aliphatic heterocycles. The van der Waals surface area contributed by atoms with Crippen molar-refractivity contribution in [3.05, 3.63) is 39.3 Å². The van der Waals surface area contributed by atoms with Crippen LogP contribution < -0.4 is 5.32 Å². The van der Waals surface area contributed by atoms with Crippen LogP contribution in [0.25, 0.3) is 5.78 Å². The number of alkyl halides is 2. The average Bonchev–Trinajstić information content (AvgIpc) is 3.38. The zero-order chi connectivity index (χ0) is 24.8. The van der Waals surface area contributed by atoms with Gasteiger partial charge in [0, 0.05) is 10.6 Å². The lowest BCUT2D eigenvalue weighted by molar-refractivity contribution is 0.0600. The lowest BCUT2D eigenvalue weighted by atomic mass is 9.69. The van der Waals surface area contributed by atoms with Crippen LogP contribution >= 0.6 is 11.3 Å². The first-order chi connectivity index (χ1) is 16.1. The molecular weight excluding hydrogens is 464 g/mol. The van der Waals surface area contributed by atoms with Gasteiger partial charge in [-0.2, -0.15) is 9.50 Å². The summed E-state index contributed by atoms with van der Waals surface area (Å²) >= 11 is 1.35. The first kappa shape index (κ1) is 24.2. The van der Waals surface area contributed by atoms with Gasteiger partial charge in [0.25, 0.3) is 18.1 Å². The molecule has 8 nitrogen and oxygen atoms in total. The molecule has 3 aromatic rings. The number of halogens is 2. The first-order valence-electron chi connectivity index (χ1n) is 11.1. The van der Waals surface area contributed by atoms with E-state index < -0.39 is 24.0 Å². The highest BCUT2D eigenvalue weighted by molar-refractivity contribution is 7.17. The number of hydrogen-bond acceptors (Lipinski definition) is 7. The number of thiophene rings is 1. The van der Waals surface area contributed by atoms with E-state index in [-0.39, 0.29) is 17.0 Å². The van der Waals surface area contributed by atoms with E-state index in [1.807, 2.05) is 0 Å². The van der Waals surface area contributed by atoms with E-state index in [1.54, 1.807) is 6.92 Å². The maximum Gasteiger partial charge on any atom is 0.341 e. The number of esters is 1. The van der Waals surface area contributed by atoms with Gasteiger partial charge >= 0.3 is 5.97 Å². The van der Waals surface area contributed by atoms with Gasteiger partial charge in [-0.25, -0.2) is 18.6 Å². The number of hydrogen-bond donors (Lipinski definition) is 1. The van der Waals surface area contributed by atoms with Crippen molar-refractivity contribution in [2.45, 2.75) is 59.8 Å². The number of ether oxygens (including phenoxy) is 1. The highest BCUT2D eigenvalue weighted by atomic mass is 32.1. The molecule has 0 spiro atoms. The molecule has 0 saturated carbocycles. The third kappa shape index (κ3) is 4.28. The van der Waals surface area contributed by atoms with E-state index >= 15 is 0 Å². The Labute approximate surface area is 199 Å². The van der Waals surface area contributed by atoms with E-state index in [4.69, 9.17) is 4.74 Å². The molecule has 3 aromatic heterocycles. The van der Waals surface area contributed by atoms with Crippen molar-refractivity contribution in [1.82, 2.24) is 19.6 Å². The molecule has 1 N–H and O–H groups in total. The molecule has 3 heterocycles. The number of rotatable bonds is 6. The van der Waals surface area contributed by atoms with Crippen molar-refractivity contribution in [2.24, 2.45) is 11.3 Å². The van der Waals surface area contributed by atoms with Crippen molar-refractivity contribution in [3.8, 4) is 0 Å². The van der Waals surface area contributed by atoms with Gasteiger partial charge in [-0.15, -0.1) is 16.4 Å². The summed E-state index contributed by atoms with van der Waals surface area (Å²) in [7, 11) is 1.30. The topological polar surface area (TPSA) is 98.5 Å². The summed E-state index contributed by atoms with van der Waals surface area (Å²) in [5, 5.41) is 7.01. The second-order valence-corrected chi connectivity index (χ2v) is 10.3. The molecule has 4 rings (SSSR count). The SMILES string of the molecule is CCC(C)(C)[C@@H]1CCc2c(sc(NC(=O)c3nc4nc(C)cc(C(F)F)n4n3)c2C(=O)OC)C1. The van der Waals surface area contributed by atoms with Crippen LogP contribution in [-0.4, -0.2) is 38.6 Å². The summed E-state index contributed by atoms with van der Waals surface area (Å²) in [6.07, 6.45) is 0.705. The second kappa shape index (κ2) is 9.01. The molecule has 0 radical (unpaired) electrons. The molecule has 34 heavy (non-hydrogen) atoms. The van der Waals surface area contributed by atoms with Crippen molar-refractivity contribution in [1.29, 1.82) is 0 Å². The number of nitrogens with zero attached hydrogens (tertiary/aromatic N) is 4. The molecule has 0 saturated heterocycles. The van der Waals surface area contributed by atoms with Crippen LogP contribution in [0.3, 0.4) is 0 Å². The normalized spacial score (nSPS) is 16.1. The maximum absolute atomic E-state index is 13.4. The minimum atomic E-state index is -2.81. The Hall–Kier alpha value is -2.95. The van der Waals surface area contributed by atoms with Crippen LogP contribution in [0.15, 0.2) is 6.07 Å². The first-order valence-corrected chi connectivity index (χ1v) is 11.9. The third-order valence-electron chi connectivity index (χ3n) is 6.79. The van der Waals surface area contributed by atoms with E-state index in [2.05, 4.69) is 41.2 Å². The smallest absolute Gasteiger partial charge is 0.341 e. The molecule has 182 valence electrons. The molecule has 0 bridgehead atoms. The predicted molar refractivity (Wildman–Crippen MR) is 124 cm³/mol. The zero-order valence-electron chi connectivity index (χ0n) is 19.7. The molecule has 1 aliphatic rings. The summed E-state index contributed by atoms with van der Waals surface area (Å²) in [6, 6.07) is 1.20. The number of aromatic nitrogens is 4.